The number of hydrogen-bond acceptors (Lipinski definition) is 8. The molecule has 0 saturated carbocycles. The van der Waals surface area contributed by atoms with Gasteiger partial charge in [-0.1, -0.05) is 65.0 Å². The maximum atomic E-state index is 13.8. The van der Waals surface area contributed by atoms with E-state index in [1.54, 1.807) is 11.8 Å². The van der Waals surface area contributed by atoms with Crippen molar-refractivity contribution < 1.29 is 38.7 Å². The van der Waals surface area contributed by atoms with E-state index in [0.717, 1.165) is 11.1 Å². The standard InChI is InChI=1S/C29H43BN4O8/c1-7-10-23(30(39)40)31-25(35)22-13-21(42-28(38)33-14-19-11-8-9-12-20(19)15-33)16-34(22)26(36)24(18(2)3)32-27(37)41-17-29(4,5)6/h8-9,11-12,21-24,39-40H,2,7,10,13-17H2,1,3-6H3,(H,31,35)(H,32,37)/t21-,22+,23+,24+/m1/s1. The predicted molar refractivity (Wildman–Crippen MR) is 156 cm³/mol. The molecule has 2 aliphatic heterocycles. The molecule has 0 spiro atoms. The van der Waals surface area contributed by atoms with Crippen LogP contribution in [0.2, 0.25) is 0 Å². The fourth-order valence-electron chi connectivity index (χ4n) is 4.94. The van der Waals surface area contributed by atoms with Crippen LogP contribution in [0.4, 0.5) is 9.59 Å². The first-order valence-electron chi connectivity index (χ1n) is 14.3. The highest BCUT2D eigenvalue weighted by atomic mass is 16.6. The number of nitrogens with one attached hydrogen (secondary N) is 2. The third-order valence-electron chi connectivity index (χ3n) is 7.14. The molecule has 13 heteroatoms. The van der Waals surface area contributed by atoms with Crippen molar-refractivity contribution in [1.82, 2.24) is 20.4 Å². The second-order valence-corrected chi connectivity index (χ2v) is 12.3. The lowest BCUT2D eigenvalue weighted by atomic mass is 9.76. The van der Waals surface area contributed by atoms with Crippen molar-refractivity contribution in [3.05, 3.63) is 47.5 Å². The van der Waals surface area contributed by atoms with Gasteiger partial charge in [-0.25, -0.2) is 9.59 Å². The predicted octanol–water partition coefficient (Wildman–Crippen LogP) is 2.12. The van der Waals surface area contributed by atoms with E-state index in [9.17, 15) is 29.2 Å². The topological polar surface area (TPSA) is 158 Å². The summed E-state index contributed by atoms with van der Waals surface area (Å²) in [6, 6.07) is 5.38. The van der Waals surface area contributed by atoms with Gasteiger partial charge in [-0.15, -0.1) is 0 Å². The van der Waals surface area contributed by atoms with Crippen LogP contribution in [0, 0.1) is 5.41 Å². The second-order valence-electron chi connectivity index (χ2n) is 12.3. The Morgan fingerprint density at radius 3 is 2.26 bits per heavy atom. The first-order chi connectivity index (χ1) is 19.7. The minimum absolute atomic E-state index is 0.0121. The Labute approximate surface area is 247 Å². The van der Waals surface area contributed by atoms with E-state index in [4.69, 9.17) is 9.47 Å². The van der Waals surface area contributed by atoms with E-state index in [2.05, 4.69) is 17.2 Å². The van der Waals surface area contributed by atoms with Gasteiger partial charge in [-0.05, 0) is 35.5 Å². The highest BCUT2D eigenvalue weighted by Gasteiger charge is 2.45. The van der Waals surface area contributed by atoms with Crippen molar-refractivity contribution in [1.29, 1.82) is 0 Å². The Kier molecular flexibility index (Phi) is 11.0. The van der Waals surface area contributed by atoms with Crippen LogP contribution < -0.4 is 10.6 Å². The Morgan fingerprint density at radius 2 is 1.74 bits per heavy atom. The molecule has 0 radical (unpaired) electrons. The van der Waals surface area contributed by atoms with E-state index in [0.29, 0.717) is 31.5 Å². The molecule has 0 aromatic heterocycles. The van der Waals surface area contributed by atoms with Gasteiger partial charge in [0.2, 0.25) is 11.8 Å². The summed E-state index contributed by atoms with van der Waals surface area (Å²) >= 11 is 0. The van der Waals surface area contributed by atoms with Crippen LogP contribution >= 0.6 is 0 Å². The van der Waals surface area contributed by atoms with Crippen molar-refractivity contribution in [2.75, 3.05) is 13.2 Å². The van der Waals surface area contributed by atoms with Crippen molar-refractivity contribution in [2.45, 2.75) is 91.1 Å². The van der Waals surface area contributed by atoms with Crippen molar-refractivity contribution >= 4 is 31.1 Å². The van der Waals surface area contributed by atoms with E-state index in [1.807, 2.05) is 52.0 Å². The molecule has 1 saturated heterocycles. The summed E-state index contributed by atoms with van der Waals surface area (Å²) in [5.41, 5.74) is 2.07. The summed E-state index contributed by atoms with van der Waals surface area (Å²) in [6.45, 7) is 13.7. The lowest BCUT2D eigenvalue weighted by Gasteiger charge is -2.30. The Balaban J connectivity index is 1.77. The minimum Gasteiger partial charge on any atom is -0.449 e. The molecule has 0 unspecified atom stereocenters. The average Bonchev–Trinajstić information content (AvgIpc) is 3.54. The van der Waals surface area contributed by atoms with Crippen LogP contribution in [0.1, 0.15) is 65.0 Å². The fourth-order valence-corrected chi connectivity index (χ4v) is 4.94. The SMILES string of the molecule is C=C(C)[C@H](NC(=O)OCC(C)(C)C)C(=O)N1C[C@H](OC(=O)N2Cc3ccccc3C2)C[C@H]1C(=O)N[C@@H](CCC)B(O)O. The maximum Gasteiger partial charge on any atom is 0.475 e. The lowest BCUT2D eigenvalue weighted by molar-refractivity contribution is -0.139. The molecule has 0 aliphatic carbocycles. The Bertz CT molecular complexity index is 1150. The Morgan fingerprint density at radius 1 is 1.12 bits per heavy atom. The first kappa shape index (κ1) is 32.9. The molecular weight excluding hydrogens is 543 g/mol. The van der Waals surface area contributed by atoms with Gasteiger partial charge < -0.3 is 35.1 Å². The Hall–Kier alpha value is -3.58. The molecular formula is C29H43BN4O8. The normalized spacial score (nSPS) is 19.4. The van der Waals surface area contributed by atoms with Crippen LogP contribution in [-0.2, 0) is 32.2 Å². The number of nitrogens with zero attached hydrogens (tertiary/aromatic N) is 2. The number of hydrogen-bond donors (Lipinski definition) is 4. The van der Waals surface area contributed by atoms with Gasteiger partial charge in [0.05, 0.1) is 19.1 Å². The summed E-state index contributed by atoms with van der Waals surface area (Å²) in [5.74, 6) is -2.21. The molecule has 230 valence electrons. The number of fused-ring (bicyclic) bond motifs is 1. The number of amides is 4. The third-order valence-corrected chi connectivity index (χ3v) is 7.14. The van der Waals surface area contributed by atoms with E-state index in [1.165, 1.54) is 4.90 Å². The molecule has 4 N–H and O–H groups in total. The fraction of sp³-hybridized carbons (Fsp3) is 0.586. The van der Waals surface area contributed by atoms with Gasteiger partial charge in [0.1, 0.15) is 18.2 Å². The van der Waals surface area contributed by atoms with Crippen LogP contribution in [0.5, 0.6) is 0 Å². The van der Waals surface area contributed by atoms with Crippen LogP contribution in [-0.4, -0.2) is 88.2 Å². The van der Waals surface area contributed by atoms with Crippen molar-refractivity contribution in [2.24, 2.45) is 5.41 Å². The molecule has 0 bridgehead atoms. The number of carbonyl (C=O) groups excluding carboxylic acids is 4. The summed E-state index contributed by atoms with van der Waals surface area (Å²) in [5, 5.41) is 24.7. The highest BCUT2D eigenvalue weighted by Crippen LogP contribution is 2.27. The molecule has 3 rings (SSSR count). The van der Waals surface area contributed by atoms with Crippen molar-refractivity contribution in [3.8, 4) is 0 Å². The number of likely N-dealkylation sites (tertiary alicyclic amines) is 1. The third kappa shape index (κ3) is 8.71. The molecule has 1 fully saturated rings. The summed E-state index contributed by atoms with van der Waals surface area (Å²) in [6.07, 6.45) is -1.33. The van der Waals surface area contributed by atoms with Crippen LogP contribution in [0.3, 0.4) is 0 Å². The summed E-state index contributed by atoms with van der Waals surface area (Å²) < 4.78 is 11.0. The zero-order chi connectivity index (χ0) is 31.2. The summed E-state index contributed by atoms with van der Waals surface area (Å²) in [4.78, 5) is 55.6. The molecule has 4 amide bonds. The monoisotopic (exact) mass is 586 g/mol. The van der Waals surface area contributed by atoms with Gasteiger partial charge in [0, 0.05) is 19.5 Å². The van der Waals surface area contributed by atoms with Gasteiger partial charge >= 0.3 is 19.3 Å². The van der Waals surface area contributed by atoms with Crippen LogP contribution in [0.15, 0.2) is 36.4 Å². The largest absolute Gasteiger partial charge is 0.475 e. The zero-order valence-electron chi connectivity index (χ0n) is 25.1. The molecule has 42 heavy (non-hydrogen) atoms. The second kappa shape index (κ2) is 14.1. The molecule has 1 aromatic carbocycles. The average molecular weight is 586 g/mol. The molecule has 2 aliphatic rings. The van der Waals surface area contributed by atoms with Crippen LogP contribution in [0.25, 0.3) is 0 Å². The maximum absolute atomic E-state index is 13.8. The smallest absolute Gasteiger partial charge is 0.449 e. The summed E-state index contributed by atoms with van der Waals surface area (Å²) in [7, 11) is -1.80. The van der Waals surface area contributed by atoms with E-state index < -0.39 is 55.2 Å². The van der Waals surface area contributed by atoms with E-state index >= 15 is 0 Å². The van der Waals surface area contributed by atoms with Gasteiger partial charge in [-0.3, -0.25) is 14.5 Å². The van der Waals surface area contributed by atoms with Crippen molar-refractivity contribution in [3.63, 3.8) is 0 Å². The number of ether oxygens (including phenoxy) is 2. The quantitative estimate of drug-likeness (QED) is 0.240. The number of carbonyl (C=O) groups is 4. The van der Waals surface area contributed by atoms with Gasteiger partial charge in [0.15, 0.2) is 0 Å². The zero-order valence-corrected chi connectivity index (χ0v) is 25.1. The number of benzene rings is 1. The van der Waals surface area contributed by atoms with Gasteiger partial charge in [-0.2, -0.15) is 0 Å². The molecule has 1 aromatic rings. The highest BCUT2D eigenvalue weighted by molar-refractivity contribution is 6.43. The number of rotatable bonds is 10. The van der Waals surface area contributed by atoms with E-state index in [-0.39, 0.29) is 25.0 Å². The molecule has 4 atom stereocenters. The molecule has 12 nitrogen and oxygen atoms in total. The minimum atomic E-state index is -1.80. The first-order valence-corrected chi connectivity index (χ1v) is 14.3. The molecule has 2 heterocycles. The number of alkyl carbamates (subject to hydrolysis) is 1. The lowest BCUT2D eigenvalue weighted by Crippen LogP contribution is -2.56. The van der Waals surface area contributed by atoms with Gasteiger partial charge in [0.25, 0.3) is 0 Å².